The van der Waals surface area contributed by atoms with E-state index < -0.39 is 0 Å². The number of rotatable bonds is 1. The number of nitriles is 1. The number of benzene rings is 2. The quantitative estimate of drug-likeness (QED) is 0.703. The van der Waals surface area contributed by atoms with Gasteiger partial charge in [-0.25, -0.2) is 4.39 Å². The third-order valence-electron chi connectivity index (χ3n) is 2.65. The van der Waals surface area contributed by atoms with E-state index in [1.807, 2.05) is 13.0 Å². The first kappa shape index (κ1) is 10.4. The number of nitrogens with zero attached hydrogens (tertiary/aromatic N) is 1. The Kier molecular flexibility index (Phi) is 2.46. The molecule has 0 spiro atoms. The van der Waals surface area contributed by atoms with Crippen LogP contribution in [0.1, 0.15) is 16.7 Å². The molecule has 0 atom stereocenters. The van der Waals surface area contributed by atoms with Crippen molar-refractivity contribution in [1.82, 2.24) is 0 Å². The lowest BCUT2D eigenvalue weighted by Crippen LogP contribution is -1.89. The van der Waals surface area contributed by atoms with Crippen molar-refractivity contribution in [2.75, 3.05) is 0 Å². The maximum absolute atomic E-state index is 13.7. The molecule has 0 radical (unpaired) electrons. The van der Waals surface area contributed by atoms with Crippen LogP contribution >= 0.6 is 0 Å². The minimum Gasteiger partial charge on any atom is -0.206 e. The summed E-state index contributed by atoms with van der Waals surface area (Å²) in [5.41, 5.74) is 2.23. The molecule has 0 aliphatic rings. The lowest BCUT2D eigenvalue weighted by atomic mass is 9.97. The van der Waals surface area contributed by atoms with E-state index in [2.05, 4.69) is 6.58 Å². The Morgan fingerprint density at radius 2 is 2.12 bits per heavy atom. The summed E-state index contributed by atoms with van der Waals surface area (Å²) in [5, 5.41) is 10.2. The number of hydrogen-bond acceptors (Lipinski definition) is 1. The van der Waals surface area contributed by atoms with E-state index in [1.165, 1.54) is 6.07 Å². The van der Waals surface area contributed by atoms with Crippen LogP contribution in [0.4, 0.5) is 4.39 Å². The van der Waals surface area contributed by atoms with Gasteiger partial charge in [-0.05, 0) is 41.6 Å². The Bertz CT molecular complexity index is 621. The molecule has 2 heteroatoms. The Labute approximate surface area is 93.4 Å². The van der Waals surface area contributed by atoms with Gasteiger partial charge in [-0.3, -0.25) is 0 Å². The second kappa shape index (κ2) is 3.79. The van der Waals surface area contributed by atoms with Gasteiger partial charge in [0.05, 0.1) is 11.6 Å². The zero-order chi connectivity index (χ0) is 11.7. The largest absolute Gasteiger partial charge is 0.206 e. The SMILES string of the molecule is C=Cc1cc(C#N)cc2c(F)ccc(C)c12. The average Bonchev–Trinajstić information content (AvgIpc) is 2.32. The molecule has 0 bridgehead atoms. The van der Waals surface area contributed by atoms with E-state index in [0.29, 0.717) is 10.9 Å². The average molecular weight is 211 g/mol. The van der Waals surface area contributed by atoms with Gasteiger partial charge >= 0.3 is 0 Å². The van der Waals surface area contributed by atoms with Crippen molar-refractivity contribution in [3.8, 4) is 6.07 Å². The second-order valence-corrected chi connectivity index (χ2v) is 3.67. The van der Waals surface area contributed by atoms with Crippen molar-refractivity contribution in [3.05, 3.63) is 53.4 Å². The molecule has 2 aromatic rings. The lowest BCUT2D eigenvalue weighted by Gasteiger charge is -2.07. The number of hydrogen-bond donors (Lipinski definition) is 0. The van der Waals surface area contributed by atoms with Crippen LogP contribution in [0.15, 0.2) is 30.8 Å². The smallest absolute Gasteiger partial charge is 0.131 e. The van der Waals surface area contributed by atoms with Crippen LogP contribution in [0.5, 0.6) is 0 Å². The van der Waals surface area contributed by atoms with Gasteiger partial charge in [0.1, 0.15) is 5.82 Å². The van der Waals surface area contributed by atoms with Crippen molar-refractivity contribution in [2.45, 2.75) is 6.92 Å². The number of aryl methyl sites for hydroxylation is 1. The predicted octanol–water partition coefficient (Wildman–Crippen LogP) is 3.80. The fourth-order valence-corrected chi connectivity index (χ4v) is 1.89. The molecule has 0 heterocycles. The fraction of sp³-hybridized carbons (Fsp3) is 0.0714. The Hall–Kier alpha value is -2.14. The summed E-state index contributed by atoms with van der Waals surface area (Å²) in [5.74, 6) is -0.305. The number of halogens is 1. The van der Waals surface area contributed by atoms with Crippen LogP contribution in [0.3, 0.4) is 0 Å². The Balaban J connectivity index is 3.01. The van der Waals surface area contributed by atoms with Crippen LogP contribution in [-0.4, -0.2) is 0 Å². The molecule has 0 amide bonds. The topological polar surface area (TPSA) is 23.8 Å². The molecule has 2 rings (SSSR count). The highest BCUT2D eigenvalue weighted by Crippen LogP contribution is 2.27. The van der Waals surface area contributed by atoms with Gasteiger partial charge in [-0.1, -0.05) is 18.7 Å². The summed E-state index contributed by atoms with van der Waals surface area (Å²) in [6, 6.07) is 8.48. The zero-order valence-electron chi connectivity index (χ0n) is 8.92. The molecular weight excluding hydrogens is 201 g/mol. The van der Waals surface area contributed by atoms with Crippen molar-refractivity contribution in [3.63, 3.8) is 0 Å². The second-order valence-electron chi connectivity index (χ2n) is 3.67. The maximum Gasteiger partial charge on any atom is 0.131 e. The van der Waals surface area contributed by atoms with Crippen LogP contribution in [-0.2, 0) is 0 Å². The molecular formula is C14H10FN. The summed E-state index contributed by atoms with van der Waals surface area (Å²) >= 11 is 0. The standard InChI is InChI=1S/C14H10FN/c1-3-11-6-10(8-16)7-12-13(15)5-4-9(2)14(11)12/h3-7H,1H2,2H3. The molecule has 0 aliphatic heterocycles. The number of fused-ring (bicyclic) bond motifs is 1. The summed E-state index contributed by atoms with van der Waals surface area (Å²) in [4.78, 5) is 0. The molecule has 0 fully saturated rings. The highest BCUT2D eigenvalue weighted by Gasteiger charge is 2.08. The third-order valence-corrected chi connectivity index (χ3v) is 2.65. The molecule has 0 unspecified atom stereocenters. The van der Waals surface area contributed by atoms with E-state index in [0.717, 1.165) is 16.5 Å². The van der Waals surface area contributed by atoms with E-state index >= 15 is 0 Å². The molecule has 2 aromatic carbocycles. The summed E-state index contributed by atoms with van der Waals surface area (Å²) < 4.78 is 13.7. The Morgan fingerprint density at radius 3 is 2.75 bits per heavy atom. The minimum atomic E-state index is -0.305. The van der Waals surface area contributed by atoms with Crippen molar-refractivity contribution in [2.24, 2.45) is 0 Å². The van der Waals surface area contributed by atoms with Gasteiger partial charge in [0, 0.05) is 5.39 Å². The first-order chi connectivity index (χ1) is 7.67. The molecule has 16 heavy (non-hydrogen) atoms. The lowest BCUT2D eigenvalue weighted by molar-refractivity contribution is 0.639. The first-order valence-corrected chi connectivity index (χ1v) is 4.92. The molecule has 0 aliphatic carbocycles. The fourth-order valence-electron chi connectivity index (χ4n) is 1.89. The van der Waals surface area contributed by atoms with E-state index in [-0.39, 0.29) is 5.82 Å². The van der Waals surface area contributed by atoms with Gasteiger partial charge in [-0.2, -0.15) is 5.26 Å². The predicted molar refractivity (Wildman–Crippen MR) is 63.4 cm³/mol. The highest BCUT2D eigenvalue weighted by atomic mass is 19.1. The molecule has 1 nitrogen and oxygen atoms in total. The maximum atomic E-state index is 13.7. The molecule has 0 N–H and O–H groups in total. The Morgan fingerprint density at radius 1 is 1.38 bits per heavy atom. The van der Waals surface area contributed by atoms with Crippen LogP contribution < -0.4 is 0 Å². The monoisotopic (exact) mass is 211 g/mol. The van der Waals surface area contributed by atoms with Crippen molar-refractivity contribution < 1.29 is 4.39 Å². The minimum absolute atomic E-state index is 0.305. The summed E-state index contributed by atoms with van der Waals surface area (Å²) in [7, 11) is 0. The zero-order valence-corrected chi connectivity index (χ0v) is 8.92. The summed E-state index contributed by atoms with van der Waals surface area (Å²) in [6.45, 7) is 5.61. The van der Waals surface area contributed by atoms with Gasteiger partial charge < -0.3 is 0 Å². The van der Waals surface area contributed by atoms with Crippen molar-refractivity contribution >= 4 is 16.8 Å². The van der Waals surface area contributed by atoms with Crippen LogP contribution in [0.25, 0.3) is 16.8 Å². The van der Waals surface area contributed by atoms with Gasteiger partial charge in [0.2, 0.25) is 0 Å². The molecule has 0 aromatic heterocycles. The highest BCUT2D eigenvalue weighted by molar-refractivity contribution is 5.94. The van der Waals surface area contributed by atoms with E-state index in [9.17, 15) is 4.39 Å². The summed E-state index contributed by atoms with van der Waals surface area (Å²) in [6.07, 6.45) is 1.65. The van der Waals surface area contributed by atoms with E-state index in [1.54, 1.807) is 24.3 Å². The van der Waals surface area contributed by atoms with Crippen LogP contribution in [0.2, 0.25) is 0 Å². The third kappa shape index (κ3) is 1.47. The first-order valence-electron chi connectivity index (χ1n) is 4.92. The van der Waals surface area contributed by atoms with Gasteiger partial charge in [-0.15, -0.1) is 0 Å². The molecule has 0 saturated carbocycles. The van der Waals surface area contributed by atoms with Crippen molar-refractivity contribution in [1.29, 1.82) is 5.26 Å². The van der Waals surface area contributed by atoms with Gasteiger partial charge in [0.25, 0.3) is 0 Å². The van der Waals surface area contributed by atoms with E-state index in [4.69, 9.17) is 5.26 Å². The van der Waals surface area contributed by atoms with Gasteiger partial charge in [0.15, 0.2) is 0 Å². The van der Waals surface area contributed by atoms with Crippen LogP contribution in [0, 0.1) is 24.1 Å². The molecule has 0 saturated heterocycles. The molecule has 78 valence electrons. The normalized spacial score (nSPS) is 10.1.